The number of halogens is 1. The molecule has 0 bridgehead atoms. The molecule has 1 aromatic carbocycles. The SMILES string of the molecule is Cn1ccc(C(=O)NCC2(c3ccc(F)cc3)CCCC2)cc1=O. The molecule has 0 radical (unpaired) electrons. The van der Waals surface area contributed by atoms with Crippen molar-refractivity contribution < 1.29 is 9.18 Å². The van der Waals surface area contributed by atoms with Gasteiger partial charge in [0.15, 0.2) is 0 Å². The Morgan fingerprint density at radius 3 is 2.50 bits per heavy atom. The molecule has 4 nitrogen and oxygen atoms in total. The molecule has 0 unspecified atom stereocenters. The second kappa shape index (κ2) is 6.59. The van der Waals surface area contributed by atoms with Crippen molar-refractivity contribution in [1.29, 1.82) is 0 Å². The minimum Gasteiger partial charge on any atom is -0.351 e. The van der Waals surface area contributed by atoms with Crippen LogP contribution in [0.3, 0.4) is 0 Å². The summed E-state index contributed by atoms with van der Waals surface area (Å²) in [5.41, 5.74) is 1.07. The molecule has 1 heterocycles. The van der Waals surface area contributed by atoms with Crippen molar-refractivity contribution in [2.24, 2.45) is 7.05 Å². The molecule has 1 amide bonds. The first-order valence-electron chi connectivity index (χ1n) is 8.21. The smallest absolute Gasteiger partial charge is 0.251 e. The van der Waals surface area contributed by atoms with E-state index in [0.717, 1.165) is 31.2 Å². The molecule has 2 aromatic rings. The Kier molecular flexibility index (Phi) is 4.51. The van der Waals surface area contributed by atoms with E-state index in [1.807, 2.05) is 12.1 Å². The van der Waals surface area contributed by atoms with Gasteiger partial charge in [0.25, 0.3) is 11.5 Å². The van der Waals surface area contributed by atoms with Gasteiger partial charge in [-0.05, 0) is 36.6 Å². The van der Waals surface area contributed by atoms with Gasteiger partial charge in [-0.15, -0.1) is 0 Å². The molecule has 24 heavy (non-hydrogen) atoms. The fraction of sp³-hybridized carbons (Fsp3) is 0.368. The third kappa shape index (κ3) is 3.25. The minimum absolute atomic E-state index is 0.150. The van der Waals surface area contributed by atoms with E-state index in [0.29, 0.717) is 12.1 Å². The number of amides is 1. The second-order valence-corrected chi connectivity index (χ2v) is 6.54. The van der Waals surface area contributed by atoms with Gasteiger partial charge in [-0.2, -0.15) is 0 Å². The third-order valence-electron chi connectivity index (χ3n) is 4.97. The van der Waals surface area contributed by atoms with Gasteiger partial charge in [0.2, 0.25) is 0 Å². The molecule has 1 saturated carbocycles. The summed E-state index contributed by atoms with van der Waals surface area (Å²) >= 11 is 0. The normalized spacial score (nSPS) is 16.1. The van der Waals surface area contributed by atoms with Crippen molar-refractivity contribution >= 4 is 5.91 Å². The summed E-state index contributed by atoms with van der Waals surface area (Å²) in [6, 6.07) is 9.54. The first-order valence-corrected chi connectivity index (χ1v) is 8.21. The fourth-order valence-corrected chi connectivity index (χ4v) is 3.46. The van der Waals surface area contributed by atoms with Crippen LogP contribution in [0.1, 0.15) is 41.6 Å². The van der Waals surface area contributed by atoms with Crippen LogP contribution in [-0.4, -0.2) is 17.0 Å². The Morgan fingerprint density at radius 2 is 1.88 bits per heavy atom. The number of benzene rings is 1. The highest BCUT2D eigenvalue weighted by Gasteiger charge is 2.36. The monoisotopic (exact) mass is 328 g/mol. The molecule has 126 valence electrons. The average Bonchev–Trinajstić information content (AvgIpc) is 3.06. The molecule has 0 atom stereocenters. The van der Waals surface area contributed by atoms with Gasteiger partial charge < -0.3 is 9.88 Å². The zero-order valence-corrected chi connectivity index (χ0v) is 13.7. The van der Waals surface area contributed by atoms with Crippen LogP contribution in [0.15, 0.2) is 47.4 Å². The Hall–Kier alpha value is -2.43. The number of hydrogen-bond acceptors (Lipinski definition) is 2. The molecule has 0 saturated heterocycles. The summed E-state index contributed by atoms with van der Waals surface area (Å²) < 4.78 is 14.6. The van der Waals surface area contributed by atoms with E-state index >= 15 is 0 Å². The van der Waals surface area contributed by atoms with E-state index in [9.17, 15) is 14.0 Å². The van der Waals surface area contributed by atoms with E-state index in [4.69, 9.17) is 0 Å². The summed E-state index contributed by atoms with van der Waals surface area (Å²) in [6.07, 6.45) is 5.71. The van der Waals surface area contributed by atoms with Crippen molar-refractivity contribution in [1.82, 2.24) is 9.88 Å². The summed E-state index contributed by atoms with van der Waals surface area (Å²) in [5.74, 6) is -0.503. The van der Waals surface area contributed by atoms with Gasteiger partial charge >= 0.3 is 0 Å². The maximum absolute atomic E-state index is 13.2. The maximum Gasteiger partial charge on any atom is 0.251 e. The van der Waals surface area contributed by atoms with Crippen LogP contribution >= 0.6 is 0 Å². The molecule has 3 rings (SSSR count). The number of carbonyl (C=O) groups excluding carboxylic acids is 1. The van der Waals surface area contributed by atoms with Gasteiger partial charge in [0.05, 0.1) is 0 Å². The predicted molar refractivity (Wildman–Crippen MR) is 90.6 cm³/mol. The number of aryl methyl sites for hydroxylation is 1. The van der Waals surface area contributed by atoms with Crippen LogP contribution in [0, 0.1) is 5.82 Å². The zero-order valence-electron chi connectivity index (χ0n) is 13.7. The molecule has 0 spiro atoms. The lowest BCUT2D eigenvalue weighted by molar-refractivity contribution is 0.0943. The van der Waals surface area contributed by atoms with Crippen molar-refractivity contribution in [3.8, 4) is 0 Å². The average molecular weight is 328 g/mol. The fourth-order valence-electron chi connectivity index (χ4n) is 3.46. The Morgan fingerprint density at radius 1 is 1.21 bits per heavy atom. The number of aromatic nitrogens is 1. The molecular formula is C19H21FN2O2. The number of rotatable bonds is 4. The number of nitrogens with zero attached hydrogens (tertiary/aromatic N) is 1. The van der Waals surface area contributed by atoms with E-state index in [2.05, 4.69) is 5.32 Å². The van der Waals surface area contributed by atoms with Crippen LogP contribution in [-0.2, 0) is 12.5 Å². The number of hydrogen-bond donors (Lipinski definition) is 1. The van der Waals surface area contributed by atoms with Crippen molar-refractivity contribution in [2.75, 3.05) is 6.54 Å². The largest absolute Gasteiger partial charge is 0.351 e. The number of carbonyl (C=O) groups is 1. The summed E-state index contributed by atoms with van der Waals surface area (Å²) in [7, 11) is 1.64. The highest BCUT2D eigenvalue weighted by atomic mass is 19.1. The van der Waals surface area contributed by atoms with E-state index in [-0.39, 0.29) is 22.7 Å². The van der Waals surface area contributed by atoms with Crippen LogP contribution in [0.5, 0.6) is 0 Å². The maximum atomic E-state index is 13.2. The van der Waals surface area contributed by atoms with Crippen LogP contribution in [0.4, 0.5) is 4.39 Å². The molecular weight excluding hydrogens is 307 g/mol. The van der Waals surface area contributed by atoms with Crippen LogP contribution in [0.2, 0.25) is 0 Å². The Bertz CT molecular complexity index is 790. The summed E-state index contributed by atoms with van der Waals surface area (Å²) in [4.78, 5) is 24.0. The quantitative estimate of drug-likeness (QED) is 0.938. The standard InChI is InChI=1S/C19H21FN2O2/c1-22-11-8-14(12-17(22)23)18(24)21-13-19(9-2-3-10-19)15-4-6-16(20)7-5-15/h4-8,11-12H,2-3,9-10,13H2,1H3,(H,21,24). The highest BCUT2D eigenvalue weighted by molar-refractivity contribution is 5.94. The third-order valence-corrected chi connectivity index (χ3v) is 4.97. The van der Waals surface area contributed by atoms with Crippen molar-refractivity contribution in [3.05, 3.63) is 69.9 Å². The molecule has 1 fully saturated rings. The van der Waals surface area contributed by atoms with Crippen LogP contribution < -0.4 is 10.9 Å². The molecule has 5 heteroatoms. The van der Waals surface area contributed by atoms with Crippen molar-refractivity contribution in [2.45, 2.75) is 31.1 Å². The van der Waals surface area contributed by atoms with E-state index in [1.54, 1.807) is 19.3 Å². The van der Waals surface area contributed by atoms with Gasteiger partial charge in [-0.25, -0.2) is 4.39 Å². The number of pyridine rings is 1. The zero-order chi connectivity index (χ0) is 17.2. The molecule has 1 N–H and O–H groups in total. The lowest BCUT2D eigenvalue weighted by Crippen LogP contribution is -2.39. The van der Waals surface area contributed by atoms with Gasteiger partial charge in [-0.3, -0.25) is 9.59 Å². The van der Waals surface area contributed by atoms with Gasteiger partial charge in [0, 0.05) is 36.8 Å². The topological polar surface area (TPSA) is 51.1 Å². The highest BCUT2D eigenvalue weighted by Crippen LogP contribution is 2.40. The molecule has 0 aliphatic heterocycles. The Labute approximate surface area is 140 Å². The summed E-state index contributed by atoms with van der Waals surface area (Å²) in [5, 5.41) is 2.96. The lowest BCUT2D eigenvalue weighted by atomic mass is 9.78. The first kappa shape index (κ1) is 16.4. The van der Waals surface area contributed by atoms with E-state index < -0.39 is 0 Å². The molecule has 1 aliphatic carbocycles. The van der Waals surface area contributed by atoms with Crippen molar-refractivity contribution in [3.63, 3.8) is 0 Å². The number of nitrogens with one attached hydrogen (secondary N) is 1. The lowest BCUT2D eigenvalue weighted by Gasteiger charge is -2.30. The predicted octanol–water partition coefficient (Wildman–Crippen LogP) is 2.77. The second-order valence-electron chi connectivity index (χ2n) is 6.54. The molecule has 1 aromatic heterocycles. The van der Waals surface area contributed by atoms with E-state index in [1.165, 1.54) is 22.8 Å². The van der Waals surface area contributed by atoms with Gasteiger partial charge in [-0.1, -0.05) is 25.0 Å². The first-order chi connectivity index (χ1) is 11.5. The molecule has 1 aliphatic rings. The summed E-state index contributed by atoms with van der Waals surface area (Å²) in [6.45, 7) is 0.493. The van der Waals surface area contributed by atoms with Crippen LogP contribution in [0.25, 0.3) is 0 Å². The minimum atomic E-state index is -0.254. The van der Waals surface area contributed by atoms with Gasteiger partial charge in [0.1, 0.15) is 5.82 Å². The Balaban J connectivity index is 1.77.